The van der Waals surface area contributed by atoms with Crippen LogP contribution in [-0.2, 0) is 27.0 Å². The number of halogens is 2. The van der Waals surface area contributed by atoms with Crippen LogP contribution >= 0.6 is 21.4 Å². The third-order valence-electron chi connectivity index (χ3n) is 0.378. The van der Waals surface area contributed by atoms with Crippen LogP contribution in [0.5, 0.6) is 0 Å². The van der Waals surface area contributed by atoms with Crippen molar-refractivity contribution in [3.05, 3.63) is 0 Å². The van der Waals surface area contributed by atoms with Crippen molar-refractivity contribution in [1.29, 1.82) is 0 Å². The second-order valence-corrected chi connectivity index (χ2v) is 5.45. The van der Waals surface area contributed by atoms with E-state index in [0.717, 1.165) is 0 Å². The third-order valence-corrected chi connectivity index (χ3v) is 1.67. The lowest BCUT2D eigenvalue weighted by Crippen LogP contribution is -2.05. The molecule has 0 bridgehead atoms. The fourth-order valence-corrected chi connectivity index (χ4v) is 0.740. The van der Waals surface area contributed by atoms with Crippen molar-refractivity contribution in [2.75, 3.05) is 6.79 Å². The molecule has 0 saturated heterocycles. The van der Waals surface area contributed by atoms with E-state index in [9.17, 15) is 16.8 Å². The van der Waals surface area contributed by atoms with Crippen molar-refractivity contribution >= 4 is 40.0 Å². The van der Waals surface area contributed by atoms with E-state index >= 15 is 0 Å². The third kappa shape index (κ3) is 10.4. The summed E-state index contributed by atoms with van der Waals surface area (Å²) < 4.78 is 47.1. The van der Waals surface area contributed by atoms with Gasteiger partial charge in [-0.3, -0.25) is 0 Å². The Morgan fingerprint density at radius 3 is 1.36 bits per heavy atom. The minimum atomic E-state index is -4.22. The van der Waals surface area contributed by atoms with Crippen LogP contribution in [0.15, 0.2) is 0 Å². The molecule has 0 aromatic rings. The molecule has 0 atom stereocenters. The molecule has 0 saturated carbocycles. The summed E-state index contributed by atoms with van der Waals surface area (Å²) in [5.41, 5.74) is 0. The zero-order valence-corrected chi connectivity index (χ0v) is 7.87. The largest absolute Gasteiger partial charge is 0.357 e. The van der Waals surface area contributed by atoms with Crippen molar-refractivity contribution in [2.45, 2.75) is 0 Å². The molecule has 0 rings (SSSR count). The second-order valence-electron chi connectivity index (χ2n) is 1.14. The Kier molecular flexibility index (Phi) is 4.02. The van der Waals surface area contributed by atoms with Crippen molar-refractivity contribution in [2.24, 2.45) is 0 Å². The van der Waals surface area contributed by atoms with Crippen LogP contribution in [0.3, 0.4) is 0 Å². The first-order valence-electron chi connectivity index (χ1n) is 1.89. The predicted octanol–water partition coefficient (Wildman–Crippen LogP) is -0.0557. The van der Waals surface area contributed by atoms with Gasteiger partial charge in [0.05, 0.1) is 0 Å². The van der Waals surface area contributed by atoms with Crippen LogP contribution in [0, 0.1) is 0 Å². The summed E-state index contributed by atoms with van der Waals surface area (Å²) in [7, 11) is 0.543. The van der Waals surface area contributed by atoms with Gasteiger partial charge >= 0.3 is 18.7 Å². The molecule has 0 N–H and O–H groups in total. The Morgan fingerprint density at radius 1 is 0.909 bits per heavy atom. The minimum absolute atomic E-state index is 1.07. The quantitative estimate of drug-likeness (QED) is 0.509. The van der Waals surface area contributed by atoms with Gasteiger partial charge in [0.15, 0.2) is 6.79 Å². The summed E-state index contributed by atoms with van der Waals surface area (Å²) in [6.45, 7) is -1.07. The summed E-state index contributed by atoms with van der Waals surface area (Å²) >= 11 is 0. The van der Waals surface area contributed by atoms with Crippen LogP contribution < -0.4 is 0 Å². The molecule has 0 aliphatic carbocycles. The monoisotopic (exact) mass is 244 g/mol. The highest BCUT2D eigenvalue weighted by molar-refractivity contribution is 8.10. The average Bonchev–Trinajstić information content (AvgIpc) is 1.55. The van der Waals surface area contributed by atoms with Crippen LogP contribution in [0.25, 0.3) is 0 Å². The number of hydrogen-bond acceptors (Lipinski definition) is 6. The van der Waals surface area contributed by atoms with Crippen molar-refractivity contribution in [1.82, 2.24) is 0 Å². The molecule has 0 heterocycles. The Morgan fingerprint density at radius 2 is 1.18 bits per heavy atom. The van der Waals surface area contributed by atoms with Gasteiger partial charge in [-0.2, -0.15) is 16.8 Å². The highest BCUT2D eigenvalue weighted by Crippen LogP contribution is 2.02. The van der Waals surface area contributed by atoms with Crippen LogP contribution in [0.2, 0.25) is 0 Å². The topological polar surface area (TPSA) is 86.7 Å². The molecule has 0 aromatic heterocycles. The normalized spacial score (nSPS) is 13.3. The molecule has 11 heavy (non-hydrogen) atoms. The zero-order chi connectivity index (χ0) is 9.12. The first-order chi connectivity index (χ1) is 4.71. The Balaban J connectivity index is 3.79. The average molecular weight is 245 g/mol. The first kappa shape index (κ1) is 11.4. The zero-order valence-electron chi connectivity index (χ0n) is 4.73. The fourth-order valence-electron chi connectivity index (χ4n) is 0.135. The molecule has 0 unspecified atom stereocenters. The van der Waals surface area contributed by atoms with Gasteiger partial charge in [0.2, 0.25) is 0 Å². The van der Waals surface area contributed by atoms with Gasteiger partial charge in [-0.15, -0.1) is 0 Å². The van der Waals surface area contributed by atoms with E-state index in [2.05, 4.69) is 29.7 Å². The van der Waals surface area contributed by atoms with E-state index in [1.807, 2.05) is 0 Å². The summed E-state index contributed by atoms with van der Waals surface area (Å²) in [5, 5.41) is 0. The Hall–Kier alpha value is 0.400. The number of rotatable bonds is 4. The molecule has 0 amide bonds. The molecule has 0 aliphatic heterocycles. The maximum atomic E-state index is 9.94. The van der Waals surface area contributed by atoms with E-state index < -0.39 is 25.5 Å². The fraction of sp³-hybridized carbons (Fsp3) is 1.00. The predicted molar refractivity (Wildman–Crippen MR) is 36.6 cm³/mol. The molecule has 0 fully saturated rings. The van der Waals surface area contributed by atoms with E-state index in [1.165, 1.54) is 0 Å². The van der Waals surface area contributed by atoms with Crippen LogP contribution in [0.1, 0.15) is 0 Å². The van der Waals surface area contributed by atoms with Gasteiger partial charge in [0.1, 0.15) is 0 Å². The standard InChI is InChI=1S/CH2Cl2O6S2/c2-10(4,5)8-1-9-11(3,6)7/h1H2. The van der Waals surface area contributed by atoms with Gasteiger partial charge in [-0.1, -0.05) is 0 Å². The van der Waals surface area contributed by atoms with Crippen molar-refractivity contribution in [3.8, 4) is 0 Å². The van der Waals surface area contributed by atoms with Crippen molar-refractivity contribution < 1.29 is 25.2 Å². The molecule has 0 aliphatic rings. The lowest BCUT2D eigenvalue weighted by atomic mass is 11.6. The van der Waals surface area contributed by atoms with E-state index in [1.54, 1.807) is 0 Å². The van der Waals surface area contributed by atoms with Gasteiger partial charge in [0, 0.05) is 21.4 Å². The summed E-state index contributed by atoms with van der Waals surface area (Å²) in [6.07, 6.45) is 0. The number of hydrogen-bond donors (Lipinski definition) is 0. The maximum Gasteiger partial charge on any atom is 0.357 e. The maximum absolute atomic E-state index is 9.94. The Labute approximate surface area is 72.2 Å². The van der Waals surface area contributed by atoms with E-state index in [4.69, 9.17) is 0 Å². The minimum Gasteiger partial charge on any atom is -0.228 e. The highest BCUT2D eigenvalue weighted by Gasteiger charge is 2.09. The lowest BCUT2D eigenvalue weighted by molar-refractivity contribution is 0.140. The van der Waals surface area contributed by atoms with E-state index in [0.29, 0.717) is 0 Å². The van der Waals surface area contributed by atoms with E-state index in [-0.39, 0.29) is 0 Å². The first-order valence-corrected chi connectivity index (χ1v) is 6.35. The molecule has 0 radical (unpaired) electrons. The second kappa shape index (κ2) is 3.87. The molecule has 0 aromatic carbocycles. The molecule has 0 spiro atoms. The lowest BCUT2D eigenvalue weighted by Gasteiger charge is -1.96. The molecular weight excluding hydrogens is 243 g/mol. The highest BCUT2D eigenvalue weighted by atomic mass is 35.7. The molecule has 68 valence electrons. The smallest absolute Gasteiger partial charge is 0.228 e. The molecular formula is CH2Cl2O6S2. The van der Waals surface area contributed by atoms with Gasteiger partial charge in [-0.05, 0) is 0 Å². The SMILES string of the molecule is O=S(=O)(Cl)OCOS(=O)(=O)Cl. The van der Waals surface area contributed by atoms with Crippen LogP contribution in [-0.4, -0.2) is 23.6 Å². The summed E-state index contributed by atoms with van der Waals surface area (Å²) in [5.74, 6) is 0. The molecule has 10 heteroatoms. The Bertz CT molecular complexity index is 267. The van der Waals surface area contributed by atoms with Gasteiger partial charge in [-0.25, -0.2) is 8.37 Å². The molecule has 6 nitrogen and oxygen atoms in total. The van der Waals surface area contributed by atoms with Gasteiger partial charge in [0.25, 0.3) is 0 Å². The van der Waals surface area contributed by atoms with Crippen molar-refractivity contribution in [3.63, 3.8) is 0 Å². The summed E-state index contributed by atoms with van der Waals surface area (Å²) in [6, 6.07) is 0. The summed E-state index contributed by atoms with van der Waals surface area (Å²) in [4.78, 5) is 0. The van der Waals surface area contributed by atoms with Gasteiger partial charge < -0.3 is 0 Å². The van der Waals surface area contributed by atoms with Crippen LogP contribution in [0.4, 0.5) is 0 Å².